The maximum absolute atomic E-state index is 13.2. The van der Waals surface area contributed by atoms with E-state index in [2.05, 4.69) is 0 Å². The summed E-state index contributed by atoms with van der Waals surface area (Å²) >= 11 is 0. The van der Waals surface area contributed by atoms with Gasteiger partial charge in [0.25, 0.3) is 0 Å². The van der Waals surface area contributed by atoms with E-state index in [1.807, 2.05) is 0 Å². The van der Waals surface area contributed by atoms with Crippen LogP contribution in [0.2, 0.25) is 0 Å². The van der Waals surface area contributed by atoms with Gasteiger partial charge in [-0.25, -0.2) is 14.0 Å². The molecule has 1 aromatic carbocycles. The molecule has 1 aromatic rings. The lowest BCUT2D eigenvalue weighted by Crippen LogP contribution is -2.48. The molecule has 0 saturated heterocycles. The van der Waals surface area contributed by atoms with Crippen LogP contribution in [0.3, 0.4) is 0 Å². The maximum Gasteiger partial charge on any atom is 0.326 e. The Morgan fingerprint density at radius 3 is 2.53 bits per heavy atom. The molecule has 0 aromatic heterocycles. The van der Waals surface area contributed by atoms with Gasteiger partial charge in [0.2, 0.25) is 0 Å². The second-order valence-corrected chi connectivity index (χ2v) is 4.13. The Labute approximate surface area is 111 Å². The molecule has 6 heteroatoms. The third-order valence-corrected chi connectivity index (χ3v) is 2.91. The van der Waals surface area contributed by atoms with E-state index in [4.69, 9.17) is 5.11 Å². The number of rotatable bonds is 4. The van der Waals surface area contributed by atoms with Crippen molar-refractivity contribution < 1.29 is 19.1 Å². The summed E-state index contributed by atoms with van der Waals surface area (Å²) in [5.41, 5.74) is 0.400. The molecule has 2 amide bonds. The van der Waals surface area contributed by atoms with Gasteiger partial charge in [-0.1, -0.05) is 6.07 Å². The van der Waals surface area contributed by atoms with Crippen LogP contribution in [0.4, 0.5) is 14.9 Å². The SMILES string of the molecule is CCN(C(=O)N(C)C(C)C(=O)O)c1cccc(F)c1. The first-order chi connectivity index (χ1) is 8.88. The first-order valence-corrected chi connectivity index (χ1v) is 5.91. The molecule has 1 atom stereocenters. The second kappa shape index (κ2) is 6.17. The molecule has 1 unspecified atom stereocenters. The van der Waals surface area contributed by atoms with Crippen molar-refractivity contribution in [3.63, 3.8) is 0 Å². The molecule has 0 aliphatic carbocycles. The summed E-state index contributed by atoms with van der Waals surface area (Å²) in [5, 5.41) is 8.90. The minimum absolute atomic E-state index is 0.318. The lowest BCUT2D eigenvalue weighted by atomic mass is 10.2. The number of carbonyl (C=O) groups excluding carboxylic acids is 1. The lowest BCUT2D eigenvalue weighted by Gasteiger charge is -2.29. The molecule has 0 aliphatic heterocycles. The smallest absolute Gasteiger partial charge is 0.326 e. The zero-order valence-electron chi connectivity index (χ0n) is 11.1. The Morgan fingerprint density at radius 2 is 2.05 bits per heavy atom. The number of hydrogen-bond acceptors (Lipinski definition) is 2. The van der Waals surface area contributed by atoms with Crippen molar-refractivity contribution in [1.29, 1.82) is 0 Å². The normalized spacial score (nSPS) is 11.8. The fourth-order valence-corrected chi connectivity index (χ4v) is 1.59. The highest BCUT2D eigenvalue weighted by Crippen LogP contribution is 2.17. The van der Waals surface area contributed by atoms with E-state index in [0.717, 1.165) is 4.90 Å². The molecular formula is C13H17FN2O3. The lowest BCUT2D eigenvalue weighted by molar-refractivity contribution is -0.141. The fourth-order valence-electron chi connectivity index (χ4n) is 1.59. The summed E-state index contributed by atoms with van der Waals surface area (Å²) < 4.78 is 13.2. The largest absolute Gasteiger partial charge is 0.480 e. The Kier molecular flexibility index (Phi) is 4.86. The summed E-state index contributed by atoms with van der Waals surface area (Å²) in [6.45, 7) is 3.47. The Balaban J connectivity index is 2.97. The van der Waals surface area contributed by atoms with Crippen molar-refractivity contribution in [2.75, 3.05) is 18.5 Å². The maximum atomic E-state index is 13.2. The average molecular weight is 268 g/mol. The predicted molar refractivity (Wildman–Crippen MR) is 69.7 cm³/mol. The van der Waals surface area contributed by atoms with Crippen LogP contribution in [0.25, 0.3) is 0 Å². The number of carbonyl (C=O) groups is 2. The monoisotopic (exact) mass is 268 g/mol. The zero-order valence-corrected chi connectivity index (χ0v) is 11.1. The molecule has 0 fully saturated rings. The van der Waals surface area contributed by atoms with E-state index in [-0.39, 0.29) is 0 Å². The van der Waals surface area contributed by atoms with Crippen molar-refractivity contribution >= 4 is 17.7 Å². The first-order valence-electron chi connectivity index (χ1n) is 5.91. The number of aliphatic carboxylic acids is 1. The minimum Gasteiger partial charge on any atom is -0.480 e. The van der Waals surface area contributed by atoms with Gasteiger partial charge >= 0.3 is 12.0 Å². The number of amides is 2. The summed E-state index contributed by atoms with van der Waals surface area (Å²) in [5.74, 6) is -1.54. The molecule has 0 aliphatic rings. The molecule has 0 saturated carbocycles. The number of urea groups is 1. The van der Waals surface area contributed by atoms with Crippen molar-refractivity contribution in [3.8, 4) is 0 Å². The Morgan fingerprint density at radius 1 is 1.42 bits per heavy atom. The third kappa shape index (κ3) is 3.43. The van der Waals surface area contributed by atoms with Crippen LogP contribution < -0.4 is 4.90 Å². The van der Waals surface area contributed by atoms with Crippen molar-refractivity contribution in [2.45, 2.75) is 19.9 Å². The van der Waals surface area contributed by atoms with Crippen LogP contribution in [0.5, 0.6) is 0 Å². The van der Waals surface area contributed by atoms with Crippen LogP contribution in [0.1, 0.15) is 13.8 Å². The van der Waals surface area contributed by atoms with Gasteiger partial charge in [-0.05, 0) is 32.0 Å². The van der Waals surface area contributed by atoms with Crippen LogP contribution >= 0.6 is 0 Å². The van der Waals surface area contributed by atoms with Crippen molar-refractivity contribution in [2.24, 2.45) is 0 Å². The van der Waals surface area contributed by atoms with Gasteiger partial charge in [0, 0.05) is 19.3 Å². The van der Waals surface area contributed by atoms with Crippen LogP contribution in [0, 0.1) is 5.82 Å². The number of likely N-dealkylation sites (N-methyl/N-ethyl adjacent to an activating group) is 1. The Bertz CT molecular complexity index is 479. The number of carboxylic acids is 1. The molecule has 0 heterocycles. The molecule has 104 valence electrons. The number of anilines is 1. The highest BCUT2D eigenvalue weighted by atomic mass is 19.1. The minimum atomic E-state index is -1.09. The van der Waals surface area contributed by atoms with Gasteiger partial charge in [0.05, 0.1) is 0 Å². The van der Waals surface area contributed by atoms with Gasteiger partial charge in [-0.3, -0.25) is 4.90 Å². The third-order valence-electron chi connectivity index (χ3n) is 2.91. The van der Waals surface area contributed by atoms with Crippen LogP contribution in [-0.4, -0.2) is 41.6 Å². The van der Waals surface area contributed by atoms with E-state index in [9.17, 15) is 14.0 Å². The van der Waals surface area contributed by atoms with Gasteiger partial charge < -0.3 is 10.0 Å². The number of carboxylic acid groups (broad SMARTS) is 1. The number of halogens is 1. The summed E-state index contributed by atoms with van der Waals surface area (Å²) in [7, 11) is 1.41. The topological polar surface area (TPSA) is 60.9 Å². The molecular weight excluding hydrogens is 251 g/mol. The highest BCUT2D eigenvalue weighted by molar-refractivity contribution is 5.94. The number of hydrogen-bond donors (Lipinski definition) is 1. The molecule has 1 rings (SSSR count). The standard InChI is InChI=1S/C13H17FN2O3/c1-4-16(11-7-5-6-10(14)8-11)13(19)15(3)9(2)12(17)18/h5-9H,4H2,1-3H3,(H,17,18). The Hall–Kier alpha value is -2.11. The molecule has 0 bridgehead atoms. The summed E-state index contributed by atoms with van der Waals surface area (Å²) in [6.07, 6.45) is 0. The van der Waals surface area contributed by atoms with Gasteiger partial charge in [-0.15, -0.1) is 0 Å². The average Bonchev–Trinajstić information content (AvgIpc) is 2.37. The van der Waals surface area contributed by atoms with E-state index >= 15 is 0 Å². The van der Waals surface area contributed by atoms with Crippen molar-refractivity contribution in [3.05, 3.63) is 30.1 Å². The molecule has 19 heavy (non-hydrogen) atoms. The quantitative estimate of drug-likeness (QED) is 0.910. The number of benzene rings is 1. The fraction of sp³-hybridized carbons (Fsp3) is 0.385. The summed E-state index contributed by atoms with van der Waals surface area (Å²) in [6, 6.07) is 4.19. The summed E-state index contributed by atoms with van der Waals surface area (Å²) in [4.78, 5) is 25.5. The van der Waals surface area contributed by atoms with Gasteiger partial charge in [0.1, 0.15) is 11.9 Å². The van der Waals surface area contributed by atoms with Crippen molar-refractivity contribution in [1.82, 2.24) is 4.90 Å². The molecule has 0 spiro atoms. The van der Waals surface area contributed by atoms with Gasteiger partial charge in [0.15, 0.2) is 0 Å². The van der Waals surface area contributed by atoms with E-state index in [0.29, 0.717) is 12.2 Å². The molecule has 1 N–H and O–H groups in total. The number of nitrogens with zero attached hydrogens (tertiary/aromatic N) is 2. The zero-order chi connectivity index (χ0) is 14.6. The van der Waals surface area contributed by atoms with Gasteiger partial charge in [-0.2, -0.15) is 0 Å². The molecule has 0 radical (unpaired) electrons. The predicted octanol–water partition coefficient (Wildman–Crippen LogP) is 2.18. The van der Waals surface area contributed by atoms with E-state index < -0.39 is 23.9 Å². The first kappa shape index (κ1) is 14.9. The van der Waals surface area contributed by atoms with E-state index in [1.165, 1.54) is 37.1 Å². The van der Waals surface area contributed by atoms with Crippen LogP contribution in [-0.2, 0) is 4.79 Å². The highest BCUT2D eigenvalue weighted by Gasteiger charge is 2.26. The molecule has 5 nitrogen and oxygen atoms in total. The van der Waals surface area contributed by atoms with Crippen LogP contribution in [0.15, 0.2) is 24.3 Å². The van der Waals surface area contributed by atoms with E-state index in [1.54, 1.807) is 13.0 Å². The second-order valence-electron chi connectivity index (χ2n) is 4.13.